The van der Waals surface area contributed by atoms with Gasteiger partial charge in [-0.25, -0.2) is 4.98 Å². The second kappa shape index (κ2) is 4.17. The fourth-order valence-corrected chi connectivity index (χ4v) is 1.45. The molecule has 15 heavy (non-hydrogen) atoms. The quantitative estimate of drug-likeness (QED) is 0.827. The van der Waals surface area contributed by atoms with E-state index in [9.17, 15) is 0 Å². The zero-order valence-electron chi connectivity index (χ0n) is 9.07. The highest BCUT2D eigenvalue weighted by atomic mass is 15.2. The van der Waals surface area contributed by atoms with Gasteiger partial charge in [-0.2, -0.15) is 0 Å². The third-order valence-electron chi connectivity index (χ3n) is 2.36. The molecule has 0 fully saturated rings. The Kier molecular flexibility index (Phi) is 2.72. The van der Waals surface area contributed by atoms with Crippen LogP contribution in [-0.2, 0) is 6.54 Å². The summed E-state index contributed by atoms with van der Waals surface area (Å²) in [4.78, 5) is 4.26. The summed E-state index contributed by atoms with van der Waals surface area (Å²) in [6.45, 7) is 5.10. The average molecular weight is 201 g/mol. The Labute approximate surface area is 89.8 Å². The van der Waals surface area contributed by atoms with Crippen molar-refractivity contribution in [1.82, 2.24) is 9.55 Å². The molecule has 0 saturated heterocycles. The number of imidazole rings is 1. The Hall–Kier alpha value is -1.77. The molecule has 0 aliphatic rings. The van der Waals surface area contributed by atoms with Crippen LogP contribution in [-0.4, -0.2) is 9.55 Å². The second-order valence-corrected chi connectivity index (χ2v) is 3.53. The van der Waals surface area contributed by atoms with Crippen molar-refractivity contribution in [2.24, 2.45) is 0 Å². The highest BCUT2D eigenvalue weighted by Crippen LogP contribution is 2.15. The molecule has 0 aliphatic carbocycles. The molecule has 1 heterocycles. The van der Waals surface area contributed by atoms with Crippen molar-refractivity contribution < 1.29 is 0 Å². The monoisotopic (exact) mass is 201 g/mol. The van der Waals surface area contributed by atoms with E-state index in [0.717, 1.165) is 18.2 Å². The Morgan fingerprint density at radius 2 is 2.00 bits per heavy atom. The molecule has 1 N–H and O–H groups in total. The largest absolute Gasteiger partial charge is 0.326 e. The minimum Gasteiger partial charge on any atom is -0.326 e. The highest BCUT2D eigenvalue weighted by molar-refractivity contribution is 5.53. The Morgan fingerprint density at radius 3 is 2.67 bits per heavy atom. The molecule has 0 spiro atoms. The van der Waals surface area contributed by atoms with Crippen molar-refractivity contribution in [3.63, 3.8) is 0 Å². The molecule has 2 rings (SSSR count). The highest BCUT2D eigenvalue weighted by Gasteiger charge is 2.00. The normalized spacial score (nSPS) is 10.3. The third-order valence-corrected chi connectivity index (χ3v) is 2.36. The molecule has 0 atom stereocenters. The van der Waals surface area contributed by atoms with Crippen molar-refractivity contribution in [3.05, 3.63) is 42.2 Å². The maximum Gasteiger partial charge on any atom is 0.207 e. The predicted octanol–water partition coefficient (Wildman–Crippen LogP) is 2.96. The lowest BCUT2D eigenvalue weighted by atomic mass is 10.2. The minimum atomic E-state index is 0.890. The molecule has 0 saturated carbocycles. The number of hydrogen-bond acceptors (Lipinski definition) is 2. The molecule has 3 heteroatoms. The van der Waals surface area contributed by atoms with Gasteiger partial charge in [-0.05, 0) is 26.0 Å². The molecule has 0 radical (unpaired) electrons. The lowest BCUT2D eigenvalue weighted by Gasteiger charge is -2.07. The van der Waals surface area contributed by atoms with Crippen LogP contribution < -0.4 is 5.32 Å². The molecule has 78 valence electrons. The lowest BCUT2D eigenvalue weighted by molar-refractivity contribution is 0.772. The fourth-order valence-electron chi connectivity index (χ4n) is 1.45. The van der Waals surface area contributed by atoms with Crippen LogP contribution in [0.15, 0.2) is 36.7 Å². The van der Waals surface area contributed by atoms with Crippen LogP contribution in [0.1, 0.15) is 12.5 Å². The van der Waals surface area contributed by atoms with Gasteiger partial charge in [0, 0.05) is 24.6 Å². The van der Waals surface area contributed by atoms with E-state index in [-0.39, 0.29) is 0 Å². The summed E-state index contributed by atoms with van der Waals surface area (Å²) in [6.07, 6.45) is 3.77. The van der Waals surface area contributed by atoms with E-state index >= 15 is 0 Å². The molecule has 3 nitrogen and oxygen atoms in total. The van der Waals surface area contributed by atoms with Crippen LogP contribution in [0.5, 0.6) is 0 Å². The first-order valence-electron chi connectivity index (χ1n) is 5.14. The summed E-state index contributed by atoms with van der Waals surface area (Å²) < 4.78 is 2.07. The van der Waals surface area contributed by atoms with Gasteiger partial charge in [-0.3, -0.25) is 0 Å². The molecular weight excluding hydrogens is 186 g/mol. The van der Waals surface area contributed by atoms with Gasteiger partial charge >= 0.3 is 0 Å². The number of benzene rings is 1. The lowest BCUT2D eigenvalue weighted by Crippen LogP contribution is -2.01. The van der Waals surface area contributed by atoms with Crippen LogP contribution in [0.2, 0.25) is 0 Å². The standard InChI is InChI=1S/C12H15N3/c1-3-15-9-8-13-12(15)14-11-6-4-10(2)5-7-11/h4-9H,3H2,1-2H3,(H,13,14). The summed E-state index contributed by atoms with van der Waals surface area (Å²) in [5, 5.41) is 3.28. The second-order valence-electron chi connectivity index (χ2n) is 3.53. The van der Waals surface area contributed by atoms with E-state index in [2.05, 4.69) is 53.0 Å². The van der Waals surface area contributed by atoms with E-state index in [4.69, 9.17) is 0 Å². The summed E-state index contributed by atoms with van der Waals surface area (Å²) in [5.41, 5.74) is 2.33. The van der Waals surface area contributed by atoms with Gasteiger partial charge in [-0.15, -0.1) is 0 Å². The zero-order valence-corrected chi connectivity index (χ0v) is 9.07. The van der Waals surface area contributed by atoms with Gasteiger partial charge in [0.15, 0.2) is 0 Å². The summed E-state index contributed by atoms with van der Waals surface area (Å²) in [7, 11) is 0. The Bertz CT molecular complexity index is 428. The summed E-state index contributed by atoms with van der Waals surface area (Å²) >= 11 is 0. The zero-order chi connectivity index (χ0) is 10.7. The van der Waals surface area contributed by atoms with E-state index < -0.39 is 0 Å². The topological polar surface area (TPSA) is 29.9 Å². The minimum absolute atomic E-state index is 0.890. The Morgan fingerprint density at radius 1 is 1.27 bits per heavy atom. The van der Waals surface area contributed by atoms with Gasteiger partial charge in [0.2, 0.25) is 5.95 Å². The summed E-state index contributed by atoms with van der Waals surface area (Å²) in [6, 6.07) is 8.29. The van der Waals surface area contributed by atoms with E-state index in [1.165, 1.54) is 5.56 Å². The molecule has 0 aliphatic heterocycles. The number of rotatable bonds is 3. The number of aryl methyl sites for hydroxylation is 2. The van der Waals surface area contributed by atoms with Crippen molar-refractivity contribution in [2.45, 2.75) is 20.4 Å². The van der Waals surface area contributed by atoms with Crippen LogP contribution in [0.25, 0.3) is 0 Å². The van der Waals surface area contributed by atoms with Crippen LogP contribution >= 0.6 is 0 Å². The van der Waals surface area contributed by atoms with Gasteiger partial charge in [-0.1, -0.05) is 17.7 Å². The molecule has 1 aromatic carbocycles. The van der Waals surface area contributed by atoms with Crippen molar-refractivity contribution in [3.8, 4) is 0 Å². The van der Waals surface area contributed by atoms with Gasteiger partial charge in [0.1, 0.15) is 0 Å². The van der Waals surface area contributed by atoms with Crippen molar-refractivity contribution in [2.75, 3.05) is 5.32 Å². The maximum absolute atomic E-state index is 4.26. The molecular formula is C12H15N3. The average Bonchev–Trinajstić information content (AvgIpc) is 2.69. The first kappa shape index (κ1) is 9.77. The number of hydrogen-bond donors (Lipinski definition) is 1. The molecule has 1 aromatic heterocycles. The fraction of sp³-hybridized carbons (Fsp3) is 0.250. The van der Waals surface area contributed by atoms with Crippen molar-refractivity contribution >= 4 is 11.6 Å². The molecule has 0 bridgehead atoms. The van der Waals surface area contributed by atoms with Gasteiger partial charge in [0.05, 0.1) is 0 Å². The van der Waals surface area contributed by atoms with E-state index in [0.29, 0.717) is 0 Å². The van der Waals surface area contributed by atoms with Crippen LogP contribution in [0, 0.1) is 6.92 Å². The van der Waals surface area contributed by atoms with Crippen molar-refractivity contribution in [1.29, 1.82) is 0 Å². The number of nitrogens with zero attached hydrogens (tertiary/aromatic N) is 2. The smallest absolute Gasteiger partial charge is 0.207 e. The van der Waals surface area contributed by atoms with Crippen LogP contribution in [0.4, 0.5) is 11.6 Å². The van der Waals surface area contributed by atoms with Crippen LogP contribution in [0.3, 0.4) is 0 Å². The molecule has 2 aromatic rings. The first-order valence-corrected chi connectivity index (χ1v) is 5.14. The van der Waals surface area contributed by atoms with Gasteiger partial charge < -0.3 is 9.88 Å². The molecule has 0 unspecified atom stereocenters. The SMILES string of the molecule is CCn1ccnc1Nc1ccc(C)cc1. The number of aromatic nitrogens is 2. The van der Waals surface area contributed by atoms with E-state index in [1.807, 2.05) is 6.20 Å². The molecule has 0 amide bonds. The van der Waals surface area contributed by atoms with Gasteiger partial charge in [0.25, 0.3) is 0 Å². The number of nitrogens with one attached hydrogen (secondary N) is 1. The summed E-state index contributed by atoms with van der Waals surface area (Å²) in [5.74, 6) is 0.890. The predicted molar refractivity (Wildman–Crippen MR) is 62.4 cm³/mol. The third kappa shape index (κ3) is 2.18. The maximum atomic E-state index is 4.26. The number of anilines is 2. The first-order chi connectivity index (χ1) is 7.29. The van der Waals surface area contributed by atoms with E-state index in [1.54, 1.807) is 6.20 Å². The Balaban J connectivity index is 2.18.